The molecular weight excluding hydrogens is 272 g/mol. The Hall–Kier alpha value is -1.05. The maximum atomic E-state index is 12.2. The van der Waals surface area contributed by atoms with E-state index in [0.29, 0.717) is 11.3 Å². The van der Waals surface area contributed by atoms with Gasteiger partial charge in [-0.1, -0.05) is 25.2 Å². The molecule has 0 saturated heterocycles. The van der Waals surface area contributed by atoms with Crippen molar-refractivity contribution in [1.29, 1.82) is 0 Å². The molecule has 0 unspecified atom stereocenters. The van der Waals surface area contributed by atoms with Crippen molar-refractivity contribution in [2.24, 2.45) is 28.6 Å². The van der Waals surface area contributed by atoms with Crippen molar-refractivity contribution < 1.29 is 9.53 Å². The molecular formula is C20H28O2. The van der Waals surface area contributed by atoms with E-state index < -0.39 is 0 Å². The zero-order valence-corrected chi connectivity index (χ0v) is 14.0. The zero-order chi connectivity index (χ0) is 15.5. The summed E-state index contributed by atoms with van der Waals surface area (Å²) >= 11 is 0. The predicted molar refractivity (Wildman–Crippen MR) is 87.2 cm³/mol. The summed E-state index contributed by atoms with van der Waals surface area (Å²) in [5.41, 5.74) is 3.28. The van der Waals surface area contributed by atoms with Crippen molar-refractivity contribution in [1.82, 2.24) is 0 Å². The van der Waals surface area contributed by atoms with Gasteiger partial charge in [0.15, 0.2) is 0 Å². The first-order valence-corrected chi connectivity index (χ1v) is 8.96. The molecule has 0 aromatic carbocycles. The maximum absolute atomic E-state index is 12.2. The van der Waals surface area contributed by atoms with Crippen LogP contribution in [-0.2, 0) is 9.53 Å². The molecule has 5 aliphatic carbocycles. The highest BCUT2D eigenvalue weighted by molar-refractivity contribution is 5.89. The SMILES string of the molecule is C=C1C[C@]23CC[C@H]1C[C@H]2[C@]1(C)CCC=C(C(=O)OC)[C@H]1CC3. The van der Waals surface area contributed by atoms with Crippen LogP contribution in [0.2, 0.25) is 0 Å². The van der Waals surface area contributed by atoms with Crippen LogP contribution in [0.4, 0.5) is 0 Å². The summed E-state index contributed by atoms with van der Waals surface area (Å²) < 4.78 is 5.08. The van der Waals surface area contributed by atoms with E-state index in [1.807, 2.05) is 0 Å². The van der Waals surface area contributed by atoms with Gasteiger partial charge in [0, 0.05) is 5.57 Å². The lowest BCUT2D eigenvalue weighted by Crippen LogP contribution is -2.57. The number of ether oxygens (including phenoxy) is 1. The Kier molecular flexibility index (Phi) is 3.12. The summed E-state index contributed by atoms with van der Waals surface area (Å²) in [5, 5.41) is 0. The van der Waals surface area contributed by atoms with Crippen LogP contribution in [0, 0.1) is 28.6 Å². The molecule has 5 rings (SSSR count). The van der Waals surface area contributed by atoms with E-state index in [1.54, 1.807) is 0 Å². The van der Waals surface area contributed by atoms with Gasteiger partial charge in [-0.15, -0.1) is 0 Å². The molecule has 0 heterocycles. The maximum Gasteiger partial charge on any atom is 0.333 e. The van der Waals surface area contributed by atoms with E-state index in [1.165, 1.54) is 51.2 Å². The van der Waals surface area contributed by atoms with Gasteiger partial charge in [-0.2, -0.15) is 0 Å². The topological polar surface area (TPSA) is 26.3 Å². The fourth-order valence-electron chi connectivity index (χ4n) is 6.71. The first kappa shape index (κ1) is 14.5. The first-order valence-electron chi connectivity index (χ1n) is 8.96. The average Bonchev–Trinajstić information content (AvgIpc) is 2.52. The lowest BCUT2D eigenvalue weighted by atomic mass is 9.39. The van der Waals surface area contributed by atoms with Crippen LogP contribution in [0.5, 0.6) is 0 Å². The fourth-order valence-corrected chi connectivity index (χ4v) is 6.71. The highest BCUT2D eigenvalue weighted by Crippen LogP contribution is 2.69. The molecule has 0 aromatic heterocycles. The van der Waals surface area contributed by atoms with E-state index in [-0.39, 0.29) is 11.4 Å². The Balaban J connectivity index is 1.72. The molecule has 0 N–H and O–H groups in total. The Morgan fingerprint density at radius 1 is 1.32 bits per heavy atom. The second-order valence-electron chi connectivity index (χ2n) is 8.51. The number of rotatable bonds is 1. The van der Waals surface area contributed by atoms with Gasteiger partial charge in [0.05, 0.1) is 7.11 Å². The monoisotopic (exact) mass is 300 g/mol. The quantitative estimate of drug-likeness (QED) is 0.520. The molecule has 4 fully saturated rings. The van der Waals surface area contributed by atoms with Gasteiger partial charge in [0.1, 0.15) is 0 Å². The number of methoxy groups -OCH3 is 1. The molecule has 0 aliphatic heterocycles. The van der Waals surface area contributed by atoms with Gasteiger partial charge in [-0.3, -0.25) is 0 Å². The molecule has 2 nitrogen and oxygen atoms in total. The van der Waals surface area contributed by atoms with Crippen LogP contribution in [0.3, 0.4) is 0 Å². The van der Waals surface area contributed by atoms with Crippen molar-refractivity contribution in [3.05, 3.63) is 23.8 Å². The Bertz CT molecular complexity index is 560. The molecule has 1 spiro atoms. The zero-order valence-electron chi connectivity index (χ0n) is 14.0. The van der Waals surface area contributed by atoms with Crippen molar-refractivity contribution >= 4 is 5.97 Å². The molecule has 0 radical (unpaired) electrons. The first-order chi connectivity index (χ1) is 10.5. The molecule has 4 saturated carbocycles. The molecule has 22 heavy (non-hydrogen) atoms. The van der Waals surface area contributed by atoms with Crippen molar-refractivity contribution in [2.75, 3.05) is 7.11 Å². The summed E-state index contributed by atoms with van der Waals surface area (Å²) in [5.74, 6) is 1.85. The molecule has 2 bridgehead atoms. The summed E-state index contributed by atoms with van der Waals surface area (Å²) in [4.78, 5) is 12.2. The Labute approximate surface area is 134 Å². The normalized spacial score (nSPS) is 46.5. The minimum Gasteiger partial charge on any atom is -0.466 e. The second kappa shape index (κ2) is 4.72. The summed E-state index contributed by atoms with van der Waals surface area (Å²) in [6.07, 6.45) is 12.2. The standard InChI is InChI=1S/C20H28O2/c1-13-12-20-9-6-14(13)11-17(20)19(2)8-4-5-15(18(21)22-3)16(19)7-10-20/h5,14,16-17H,1,4,6-12H2,2-3H3/t14-,16+,17-,19+,20+/m0/s1. The molecule has 5 aliphatic rings. The van der Waals surface area contributed by atoms with Crippen LogP contribution in [-0.4, -0.2) is 13.1 Å². The third kappa shape index (κ3) is 1.76. The number of carbonyl (C=O) groups is 1. The number of hydrogen-bond acceptors (Lipinski definition) is 2. The van der Waals surface area contributed by atoms with Gasteiger partial charge >= 0.3 is 5.97 Å². The minimum absolute atomic E-state index is 0.0859. The van der Waals surface area contributed by atoms with Crippen LogP contribution >= 0.6 is 0 Å². The summed E-state index contributed by atoms with van der Waals surface area (Å²) in [6, 6.07) is 0. The van der Waals surface area contributed by atoms with Gasteiger partial charge in [0.2, 0.25) is 0 Å². The van der Waals surface area contributed by atoms with Crippen molar-refractivity contribution in [3.63, 3.8) is 0 Å². The number of fused-ring (bicyclic) bond motifs is 3. The minimum atomic E-state index is -0.0859. The van der Waals surface area contributed by atoms with E-state index in [4.69, 9.17) is 4.74 Å². The van der Waals surface area contributed by atoms with Gasteiger partial charge in [0.25, 0.3) is 0 Å². The van der Waals surface area contributed by atoms with Crippen LogP contribution in [0.1, 0.15) is 58.3 Å². The fraction of sp³-hybridized carbons (Fsp3) is 0.750. The van der Waals surface area contributed by atoms with E-state index in [0.717, 1.165) is 30.3 Å². The smallest absolute Gasteiger partial charge is 0.333 e. The van der Waals surface area contributed by atoms with E-state index in [2.05, 4.69) is 19.6 Å². The van der Waals surface area contributed by atoms with Crippen molar-refractivity contribution in [3.8, 4) is 0 Å². The lowest BCUT2D eigenvalue weighted by Gasteiger charge is -2.65. The molecule has 120 valence electrons. The van der Waals surface area contributed by atoms with Crippen molar-refractivity contribution in [2.45, 2.75) is 58.3 Å². The van der Waals surface area contributed by atoms with Gasteiger partial charge in [-0.25, -0.2) is 4.79 Å². The summed E-state index contributed by atoms with van der Waals surface area (Å²) in [7, 11) is 1.52. The molecule has 0 aromatic rings. The highest BCUT2D eigenvalue weighted by atomic mass is 16.5. The molecule has 0 amide bonds. The lowest BCUT2D eigenvalue weighted by molar-refractivity contribution is -0.144. The van der Waals surface area contributed by atoms with Gasteiger partial charge < -0.3 is 4.74 Å². The van der Waals surface area contributed by atoms with Gasteiger partial charge in [-0.05, 0) is 80.0 Å². The number of hydrogen-bond donors (Lipinski definition) is 0. The molecule has 2 heteroatoms. The number of esters is 1. The largest absolute Gasteiger partial charge is 0.466 e. The third-order valence-corrected chi connectivity index (χ3v) is 7.77. The Morgan fingerprint density at radius 2 is 2.09 bits per heavy atom. The van der Waals surface area contributed by atoms with Crippen LogP contribution in [0.15, 0.2) is 23.8 Å². The van der Waals surface area contributed by atoms with Crippen LogP contribution in [0.25, 0.3) is 0 Å². The number of allylic oxidation sites excluding steroid dienone is 2. The number of carbonyl (C=O) groups excluding carboxylic acids is 1. The average molecular weight is 300 g/mol. The van der Waals surface area contributed by atoms with E-state index in [9.17, 15) is 4.79 Å². The summed E-state index contributed by atoms with van der Waals surface area (Å²) in [6.45, 7) is 6.86. The Morgan fingerprint density at radius 3 is 2.82 bits per heavy atom. The second-order valence-corrected chi connectivity index (χ2v) is 8.51. The highest BCUT2D eigenvalue weighted by Gasteiger charge is 2.61. The molecule has 5 atom stereocenters. The predicted octanol–water partition coefficient (Wildman–Crippen LogP) is 4.66. The van der Waals surface area contributed by atoms with E-state index >= 15 is 0 Å². The van der Waals surface area contributed by atoms with Crippen LogP contribution < -0.4 is 0 Å². The third-order valence-electron chi connectivity index (χ3n) is 7.77.